The molecule has 0 fully saturated rings. The van der Waals surface area contributed by atoms with Crippen LogP contribution < -0.4 is 5.32 Å². The highest BCUT2D eigenvalue weighted by Crippen LogP contribution is 2.13. The summed E-state index contributed by atoms with van der Waals surface area (Å²) in [5.41, 5.74) is 2.27. The van der Waals surface area contributed by atoms with Crippen LogP contribution in [0.25, 0.3) is 0 Å². The molecule has 0 aliphatic rings. The minimum absolute atomic E-state index is 0. The fourth-order valence-electron chi connectivity index (χ4n) is 1.42. The van der Waals surface area contributed by atoms with Crippen LogP contribution in [0.3, 0.4) is 0 Å². The average molecular weight is 232 g/mol. The molecule has 1 aromatic rings. The predicted octanol–water partition coefficient (Wildman–Crippen LogP) is 3.09. The molecule has 1 rings (SSSR count). The van der Waals surface area contributed by atoms with E-state index in [1.54, 1.807) is 0 Å². The zero-order valence-corrected chi connectivity index (χ0v) is 10.9. The summed E-state index contributed by atoms with van der Waals surface area (Å²) in [4.78, 5) is 0. The second-order valence-electron chi connectivity index (χ2n) is 4.17. The third kappa shape index (κ3) is 4.56. The minimum atomic E-state index is 0. The van der Waals surface area contributed by atoms with Gasteiger partial charge in [-0.1, -0.05) is 20.8 Å². The van der Waals surface area contributed by atoms with Gasteiger partial charge in [-0.2, -0.15) is 5.10 Å². The van der Waals surface area contributed by atoms with Crippen LogP contribution in [0.5, 0.6) is 0 Å². The number of anilines is 1. The Morgan fingerprint density at radius 2 is 2.13 bits per heavy atom. The van der Waals surface area contributed by atoms with Gasteiger partial charge < -0.3 is 5.32 Å². The Balaban J connectivity index is 0.00000196. The number of halogens is 1. The molecule has 0 amide bonds. The van der Waals surface area contributed by atoms with Gasteiger partial charge >= 0.3 is 0 Å². The molecule has 88 valence electrons. The molecule has 0 aromatic carbocycles. The minimum Gasteiger partial charge on any atom is -0.382 e. The number of aryl methyl sites for hydroxylation is 1. The van der Waals surface area contributed by atoms with E-state index in [4.69, 9.17) is 0 Å². The zero-order valence-electron chi connectivity index (χ0n) is 10.1. The number of nitrogens with zero attached hydrogens (tertiary/aromatic N) is 2. The van der Waals surface area contributed by atoms with E-state index < -0.39 is 0 Å². The fraction of sp³-hybridized carbons (Fsp3) is 0.727. The summed E-state index contributed by atoms with van der Waals surface area (Å²) < 4.78 is 2.03. The maximum absolute atomic E-state index is 4.46. The van der Waals surface area contributed by atoms with E-state index in [2.05, 4.69) is 44.3 Å². The van der Waals surface area contributed by atoms with E-state index in [-0.39, 0.29) is 12.4 Å². The summed E-state index contributed by atoms with van der Waals surface area (Å²) in [6.07, 6.45) is 3.25. The largest absolute Gasteiger partial charge is 0.382 e. The molecule has 0 aliphatic heterocycles. The predicted molar refractivity (Wildman–Crippen MR) is 67.8 cm³/mol. The van der Waals surface area contributed by atoms with Crippen molar-refractivity contribution in [3.63, 3.8) is 0 Å². The van der Waals surface area contributed by atoms with E-state index in [0.717, 1.165) is 25.2 Å². The smallest absolute Gasteiger partial charge is 0.0825 e. The summed E-state index contributed by atoms with van der Waals surface area (Å²) in [7, 11) is 0. The first-order chi connectivity index (χ1) is 6.63. The molecular formula is C11H22ClN3. The highest BCUT2D eigenvalue weighted by molar-refractivity contribution is 5.85. The molecule has 3 nitrogen and oxygen atoms in total. The Bertz CT molecular complexity index is 281. The van der Waals surface area contributed by atoms with Crippen molar-refractivity contribution < 1.29 is 0 Å². The lowest BCUT2D eigenvalue weighted by atomic mass is 10.2. The van der Waals surface area contributed by atoms with Crippen molar-refractivity contribution in [2.24, 2.45) is 5.92 Å². The molecule has 1 N–H and O–H groups in total. The van der Waals surface area contributed by atoms with Gasteiger partial charge in [0, 0.05) is 19.3 Å². The van der Waals surface area contributed by atoms with Crippen molar-refractivity contribution in [1.29, 1.82) is 0 Å². The van der Waals surface area contributed by atoms with Crippen molar-refractivity contribution in [2.45, 2.75) is 40.7 Å². The Morgan fingerprint density at radius 1 is 1.47 bits per heavy atom. The summed E-state index contributed by atoms with van der Waals surface area (Å²) in [6, 6.07) is 0. The summed E-state index contributed by atoms with van der Waals surface area (Å²) in [5.74, 6) is 0.647. The summed E-state index contributed by atoms with van der Waals surface area (Å²) >= 11 is 0. The molecule has 1 heterocycles. The fourth-order valence-corrected chi connectivity index (χ4v) is 1.42. The molecule has 0 unspecified atom stereocenters. The highest BCUT2D eigenvalue weighted by atomic mass is 35.5. The van der Waals surface area contributed by atoms with E-state index in [9.17, 15) is 0 Å². The number of hydrogen-bond acceptors (Lipinski definition) is 2. The van der Waals surface area contributed by atoms with Crippen LogP contribution in [0.4, 0.5) is 5.69 Å². The first-order valence-corrected chi connectivity index (χ1v) is 5.41. The number of hydrogen-bond donors (Lipinski definition) is 1. The maximum Gasteiger partial charge on any atom is 0.0825 e. The van der Waals surface area contributed by atoms with Gasteiger partial charge in [0.25, 0.3) is 0 Å². The highest BCUT2D eigenvalue weighted by Gasteiger charge is 2.04. The lowest BCUT2D eigenvalue weighted by Gasteiger charge is -2.03. The van der Waals surface area contributed by atoms with Crippen molar-refractivity contribution in [1.82, 2.24) is 9.78 Å². The van der Waals surface area contributed by atoms with E-state index >= 15 is 0 Å². The van der Waals surface area contributed by atoms with Gasteiger partial charge in [-0.15, -0.1) is 12.4 Å². The first-order valence-electron chi connectivity index (χ1n) is 5.41. The van der Waals surface area contributed by atoms with Gasteiger partial charge in [0.1, 0.15) is 0 Å². The van der Waals surface area contributed by atoms with Crippen LogP contribution in [0.1, 0.15) is 32.9 Å². The normalized spacial score (nSPS) is 10.2. The standard InChI is InChI=1S/C11H21N3.ClH/c1-5-6-12-11-8-14(7-9(2)3)13-10(11)4;/h8-9,12H,5-7H2,1-4H3;1H. The molecule has 0 atom stereocenters. The lowest BCUT2D eigenvalue weighted by Crippen LogP contribution is -2.04. The summed E-state index contributed by atoms with van der Waals surface area (Å²) in [6.45, 7) is 10.6. The summed E-state index contributed by atoms with van der Waals surface area (Å²) in [5, 5.41) is 7.83. The average Bonchev–Trinajstić information content (AvgIpc) is 2.41. The number of rotatable bonds is 5. The van der Waals surface area contributed by atoms with E-state index in [1.165, 1.54) is 5.69 Å². The molecule has 4 heteroatoms. The third-order valence-corrected chi connectivity index (χ3v) is 2.06. The molecule has 0 aliphatic carbocycles. The van der Waals surface area contributed by atoms with Crippen molar-refractivity contribution in [3.05, 3.63) is 11.9 Å². The van der Waals surface area contributed by atoms with Crippen LogP contribution in [0.2, 0.25) is 0 Å². The SMILES string of the molecule is CCCNc1cn(CC(C)C)nc1C.Cl. The van der Waals surface area contributed by atoms with Gasteiger partial charge in [-0.3, -0.25) is 4.68 Å². The quantitative estimate of drug-likeness (QED) is 0.844. The first kappa shape index (κ1) is 14.3. The van der Waals surface area contributed by atoms with Gasteiger partial charge in [0.15, 0.2) is 0 Å². The van der Waals surface area contributed by atoms with Crippen molar-refractivity contribution in [2.75, 3.05) is 11.9 Å². The Morgan fingerprint density at radius 3 is 2.67 bits per heavy atom. The monoisotopic (exact) mass is 231 g/mol. The Labute approximate surface area is 98.7 Å². The van der Waals surface area contributed by atoms with Gasteiger partial charge in [0.2, 0.25) is 0 Å². The Hall–Kier alpha value is -0.700. The number of aromatic nitrogens is 2. The second-order valence-corrected chi connectivity index (χ2v) is 4.17. The van der Waals surface area contributed by atoms with Crippen LogP contribution in [-0.2, 0) is 6.54 Å². The molecule has 0 spiro atoms. The van der Waals surface area contributed by atoms with Crippen LogP contribution >= 0.6 is 12.4 Å². The zero-order chi connectivity index (χ0) is 10.6. The third-order valence-electron chi connectivity index (χ3n) is 2.06. The van der Waals surface area contributed by atoms with Crippen molar-refractivity contribution >= 4 is 18.1 Å². The molecule has 0 saturated carbocycles. The maximum atomic E-state index is 4.46. The molecular weight excluding hydrogens is 210 g/mol. The van der Waals surface area contributed by atoms with E-state index in [1.807, 2.05) is 4.68 Å². The molecule has 1 aromatic heterocycles. The number of nitrogens with one attached hydrogen (secondary N) is 1. The van der Waals surface area contributed by atoms with Crippen molar-refractivity contribution in [3.8, 4) is 0 Å². The lowest BCUT2D eigenvalue weighted by molar-refractivity contribution is 0.481. The molecule has 0 radical (unpaired) electrons. The van der Waals surface area contributed by atoms with Crippen LogP contribution in [0.15, 0.2) is 6.20 Å². The second kappa shape index (κ2) is 6.72. The Kier molecular flexibility index (Phi) is 6.41. The van der Waals surface area contributed by atoms with Crippen LogP contribution in [-0.4, -0.2) is 16.3 Å². The van der Waals surface area contributed by atoms with Crippen LogP contribution in [0, 0.1) is 12.8 Å². The van der Waals surface area contributed by atoms with E-state index in [0.29, 0.717) is 5.92 Å². The van der Waals surface area contributed by atoms with Gasteiger partial charge in [-0.05, 0) is 19.3 Å². The molecule has 0 saturated heterocycles. The van der Waals surface area contributed by atoms with Gasteiger partial charge in [-0.25, -0.2) is 0 Å². The molecule has 15 heavy (non-hydrogen) atoms. The van der Waals surface area contributed by atoms with Gasteiger partial charge in [0.05, 0.1) is 11.4 Å². The topological polar surface area (TPSA) is 29.9 Å². The molecule has 0 bridgehead atoms.